The van der Waals surface area contributed by atoms with Crippen molar-refractivity contribution in [2.75, 3.05) is 6.16 Å². The molecule has 1 saturated heterocycles. The topological polar surface area (TPSA) is 26.3 Å². The van der Waals surface area contributed by atoms with E-state index in [4.69, 9.17) is 4.52 Å². The van der Waals surface area contributed by atoms with Crippen molar-refractivity contribution in [2.24, 2.45) is 0 Å². The third-order valence-electron chi connectivity index (χ3n) is 1.09. The fourth-order valence-corrected chi connectivity index (χ4v) is 1.99. The van der Waals surface area contributed by atoms with Gasteiger partial charge in [-0.25, -0.2) is 0 Å². The average Bonchev–Trinajstić information content (AvgIpc) is 2.20. The van der Waals surface area contributed by atoms with Gasteiger partial charge in [-0.2, -0.15) is 6.92 Å². The molecule has 10 heavy (non-hydrogen) atoms. The Morgan fingerprint density at radius 1 is 1.60 bits per heavy atom. The molecule has 0 saturated carbocycles. The van der Waals surface area contributed by atoms with Gasteiger partial charge in [-0.3, -0.25) is 4.57 Å². The van der Waals surface area contributed by atoms with Crippen LogP contribution in [0.15, 0.2) is 0 Å². The molecule has 4 heteroatoms. The van der Waals surface area contributed by atoms with Gasteiger partial charge in [-0.15, -0.1) is 0 Å². The summed E-state index contributed by atoms with van der Waals surface area (Å²) in [6, 6.07) is 0. The average molecular weight is 387 g/mol. The molecule has 0 aromatic heterocycles. The maximum absolute atomic E-state index is 10.4. The molecule has 2 nitrogen and oxygen atoms in total. The van der Waals surface area contributed by atoms with Crippen LogP contribution in [0.4, 0.5) is 0 Å². The first-order chi connectivity index (χ1) is 4.29. The van der Waals surface area contributed by atoms with E-state index in [-0.39, 0.29) is 37.2 Å². The van der Waals surface area contributed by atoms with Crippen molar-refractivity contribution in [3.63, 3.8) is 0 Å². The Bertz CT molecular complexity index is 97.7. The minimum Gasteiger partial charge on any atom is -0.346 e. The van der Waals surface area contributed by atoms with Gasteiger partial charge in [0.25, 0.3) is 0 Å². The summed E-state index contributed by atoms with van der Waals surface area (Å²) >= 11 is 0. The second-order valence-corrected chi connectivity index (χ2v) is 3.32. The van der Waals surface area contributed by atoms with Gasteiger partial charge in [-0.1, -0.05) is 0 Å². The quantitative estimate of drug-likeness (QED) is 0.470. The molecule has 2 unspecified atom stereocenters. The fraction of sp³-hybridized carbons (Fsp3) is 0.833. The summed E-state index contributed by atoms with van der Waals surface area (Å²) in [4.78, 5) is 0. The van der Waals surface area contributed by atoms with Crippen LogP contribution in [0.25, 0.3) is 0 Å². The van der Waals surface area contributed by atoms with Crippen LogP contribution in [-0.4, -0.2) is 12.3 Å². The molecule has 2 atom stereocenters. The zero-order valence-electron chi connectivity index (χ0n) is 6.52. The number of rotatable bonds is 0. The van der Waals surface area contributed by atoms with Crippen LogP contribution in [0.1, 0.15) is 20.3 Å². The van der Waals surface area contributed by atoms with Crippen molar-refractivity contribution >= 4 is 8.03 Å². The maximum Gasteiger partial charge on any atom is 0.191 e. The van der Waals surface area contributed by atoms with E-state index in [9.17, 15) is 4.57 Å². The Hall–Kier alpha value is 1.24. The van der Waals surface area contributed by atoms with Gasteiger partial charge in [-0.05, 0) is 13.3 Å². The maximum atomic E-state index is 10.4. The van der Waals surface area contributed by atoms with Crippen molar-refractivity contribution in [3.05, 3.63) is 6.92 Å². The summed E-state index contributed by atoms with van der Waals surface area (Å²) in [5.41, 5.74) is 0. The molecule has 1 heterocycles. The summed E-state index contributed by atoms with van der Waals surface area (Å²) in [6.07, 6.45) is 2.04. The molecule has 1 rings (SSSR count). The van der Waals surface area contributed by atoms with Crippen LogP contribution in [-0.2, 0) is 9.09 Å². The molecule has 60 valence electrons. The van der Waals surface area contributed by atoms with E-state index in [1.54, 1.807) is 6.92 Å². The van der Waals surface area contributed by atoms with Crippen molar-refractivity contribution < 1.29 is 40.2 Å². The second-order valence-electron chi connectivity index (χ2n) is 1.84. The Balaban J connectivity index is 0. The standard InChI is InChI=1S/C4H9O2P.C2H5.U/c1-4-2-3-7(5)6-4;1-2;/h4,7H,2-3H2,1H3;1H2,2H3;/q;-1;. The first kappa shape index (κ1) is 13.8. The van der Waals surface area contributed by atoms with Gasteiger partial charge in [0.15, 0.2) is 8.03 Å². The van der Waals surface area contributed by atoms with Gasteiger partial charge in [0.2, 0.25) is 0 Å². The Labute approximate surface area is 87.3 Å². The summed E-state index contributed by atoms with van der Waals surface area (Å²) in [5, 5.41) is 0. The van der Waals surface area contributed by atoms with Crippen LogP contribution in [0.3, 0.4) is 0 Å². The summed E-state index contributed by atoms with van der Waals surface area (Å²) in [7, 11) is -1.56. The fourth-order valence-electron chi connectivity index (χ4n) is 0.663. The molecule has 0 aromatic carbocycles. The molecule has 0 aliphatic carbocycles. The zero-order valence-corrected chi connectivity index (χ0v) is 11.7. The second kappa shape index (κ2) is 8.34. The SMILES string of the molecule is CC1CC[PH](=O)O1.[CH2-]C.[U]. The van der Waals surface area contributed by atoms with Crippen LogP contribution >= 0.6 is 8.03 Å². The molecular formula is C6H14O2PU-. The normalized spacial score (nSPS) is 29.9. The Morgan fingerprint density at radius 2 is 2.10 bits per heavy atom. The molecule has 0 N–H and O–H groups in total. The van der Waals surface area contributed by atoms with Gasteiger partial charge < -0.3 is 11.4 Å². The third-order valence-corrected chi connectivity index (χ3v) is 2.45. The van der Waals surface area contributed by atoms with E-state index >= 15 is 0 Å². The third kappa shape index (κ3) is 5.98. The molecule has 0 radical (unpaired) electrons. The van der Waals surface area contributed by atoms with Crippen molar-refractivity contribution in [2.45, 2.75) is 26.4 Å². The minimum atomic E-state index is -1.56. The zero-order chi connectivity index (χ0) is 7.28. The molecule has 0 aromatic rings. The Kier molecular flexibility index (Phi) is 11.5. The molecule has 1 aliphatic heterocycles. The van der Waals surface area contributed by atoms with Crippen LogP contribution in [0.2, 0.25) is 0 Å². The van der Waals surface area contributed by atoms with E-state index < -0.39 is 8.03 Å². The van der Waals surface area contributed by atoms with Gasteiger partial charge in [0, 0.05) is 37.3 Å². The van der Waals surface area contributed by atoms with E-state index in [2.05, 4.69) is 6.92 Å². The van der Waals surface area contributed by atoms with E-state index in [1.807, 2.05) is 6.92 Å². The molecule has 0 bridgehead atoms. The van der Waals surface area contributed by atoms with Crippen molar-refractivity contribution in [1.82, 2.24) is 0 Å². The first-order valence-electron chi connectivity index (χ1n) is 3.19. The predicted octanol–water partition coefficient (Wildman–Crippen LogP) is 2.11. The molecular weight excluding hydrogens is 373 g/mol. The van der Waals surface area contributed by atoms with Crippen LogP contribution < -0.4 is 0 Å². The van der Waals surface area contributed by atoms with Crippen molar-refractivity contribution in [1.29, 1.82) is 0 Å². The number of hydrogen-bond acceptors (Lipinski definition) is 2. The van der Waals surface area contributed by atoms with E-state index in [0.717, 1.165) is 12.6 Å². The van der Waals surface area contributed by atoms with Crippen LogP contribution in [0.5, 0.6) is 0 Å². The first-order valence-corrected chi connectivity index (χ1v) is 4.71. The summed E-state index contributed by atoms with van der Waals surface area (Å²) in [5.74, 6) is 0. The van der Waals surface area contributed by atoms with Gasteiger partial charge in [0.1, 0.15) is 0 Å². The summed E-state index contributed by atoms with van der Waals surface area (Å²) < 4.78 is 15.3. The molecule has 0 spiro atoms. The van der Waals surface area contributed by atoms with Gasteiger partial charge in [0.05, 0.1) is 6.10 Å². The molecule has 0 amide bonds. The monoisotopic (exact) mass is 387 g/mol. The van der Waals surface area contributed by atoms with Crippen molar-refractivity contribution in [3.8, 4) is 0 Å². The Morgan fingerprint density at radius 3 is 2.20 bits per heavy atom. The molecule has 1 fully saturated rings. The summed E-state index contributed by atoms with van der Waals surface area (Å²) in [6.45, 7) is 6.95. The van der Waals surface area contributed by atoms with Gasteiger partial charge >= 0.3 is 0 Å². The smallest absolute Gasteiger partial charge is 0.191 e. The number of hydrogen-bond donors (Lipinski definition) is 0. The van der Waals surface area contributed by atoms with E-state index in [0.29, 0.717) is 0 Å². The predicted molar refractivity (Wildman–Crippen MR) is 40.1 cm³/mol. The largest absolute Gasteiger partial charge is 0.346 e. The van der Waals surface area contributed by atoms with Crippen LogP contribution in [0, 0.1) is 38.0 Å². The molecule has 1 aliphatic rings. The minimum absolute atomic E-state index is 0. The van der Waals surface area contributed by atoms with E-state index in [1.165, 1.54) is 0 Å².